The number of nitrogens with zero attached hydrogens (tertiary/aromatic N) is 2. The summed E-state index contributed by atoms with van der Waals surface area (Å²) in [7, 11) is 1.71. The lowest BCUT2D eigenvalue weighted by Gasteiger charge is -2.21. The minimum Gasteiger partial charge on any atom is -0.496 e. The van der Waals surface area contributed by atoms with Gasteiger partial charge in [-0.15, -0.1) is 0 Å². The van der Waals surface area contributed by atoms with Crippen LogP contribution < -0.4 is 10.1 Å². The highest BCUT2D eigenvalue weighted by molar-refractivity contribution is 5.37. The number of nitrogens with one attached hydrogen (secondary N) is 1. The second-order valence-corrected chi connectivity index (χ2v) is 6.47. The predicted molar refractivity (Wildman–Crippen MR) is 85.7 cm³/mol. The fourth-order valence-corrected chi connectivity index (χ4v) is 2.16. The van der Waals surface area contributed by atoms with Gasteiger partial charge in [0, 0.05) is 23.8 Å². The van der Waals surface area contributed by atoms with Gasteiger partial charge in [-0.1, -0.05) is 6.07 Å². The molecular formula is C17H25N3O. The summed E-state index contributed by atoms with van der Waals surface area (Å²) in [6, 6.07) is 6.33. The van der Waals surface area contributed by atoms with Crippen LogP contribution >= 0.6 is 0 Å². The molecule has 4 nitrogen and oxygen atoms in total. The normalized spacial score (nSPS) is 11.7. The van der Waals surface area contributed by atoms with Gasteiger partial charge in [0.05, 0.1) is 19.9 Å². The Morgan fingerprint density at radius 3 is 2.62 bits per heavy atom. The molecule has 0 aliphatic rings. The Labute approximate surface area is 127 Å². The first kappa shape index (κ1) is 15.6. The third-order valence-electron chi connectivity index (χ3n) is 3.26. The Morgan fingerprint density at radius 2 is 2.05 bits per heavy atom. The molecule has 0 aliphatic carbocycles. The van der Waals surface area contributed by atoms with E-state index in [1.807, 2.05) is 30.1 Å². The Morgan fingerprint density at radius 1 is 1.29 bits per heavy atom. The van der Waals surface area contributed by atoms with E-state index in [4.69, 9.17) is 4.74 Å². The van der Waals surface area contributed by atoms with Crippen LogP contribution in [0.5, 0.6) is 5.75 Å². The SMILES string of the molecule is COc1ccc(CNC(C)(C)C)cc1Cn1cc(C)cn1. The van der Waals surface area contributed by atoms with Crippen molar-refractivity contribution in [3.05, 3.63) is 47.3 Å². The van der Waals surface area contributed by atoms with Crippen molar-refractivity contribution in [1.82, 2.24) is 15.1 Å². The molecule has 1 heterocycles. The Balaban J connectivity index is 2.17. The molecule has 1 N–H and O–H groups in total. The van der Waals surface area contributed by atoms with E-state index in [1.165, 1.54) is 11.1 Å². The molecule has 1 aromatic carbocycles. The van der Waals surface area contributed by atoms with Gasteiger partial charge in [-0.3, -0.25) is 4.68 Å². The quantitative estimate of drug-likeness (QED) is 0.918. The summed E-state index contributed by atoms with van der Waals surface area (Å²) in [6.45, 7) is 10.1. The van der Waals surface area contributed by atoms with Gasteiger partial charge in [0.25, 0.3) is 0 Å². The number of benzene rings is 1. The molecule has 0 fully saturated rings. The second-order valence-electron chi connectivity index (χ2n) is 6.47. The topological polar surface area (TPSA) is 39.1 Å². The van der Waals surface area contributed by atoms with Crippen LogP contribution in [0.4, 0.5) is 0 Å². The molecule has 1 aromatic heterocycles. The number of ether oxygens (including phenoxy) is 1. The summed E-state index contributed by atoms with van der Waals surface area (Å²) >= 11 is 0. The third-order valence-corrected chi connectivity index (χ3v) is 3.26. The van der Waals surface area contributed by atoms with Gasteiger partial charge in [-0.05, 0) is 51.0 Å². The van der Waals surface area contributed by atoms with Gasteiger partial charge in [0.2, 0.25) is 0 Å². The molecule has 0 radical (unpaired) electrons. The van der Waals surface area contributed by atoms with Crippen molar-refractivity contribution in [2.75, 3.05) is 7.11 Å². The second kappa shape index (κ2) is 6.31. The number of hydrogen-bond acceptors (Lipinski definition) is 3. The summed E-state index contributed by atoms with van der Waals surface area (Å²) in [5.74, 6) is 0.905. The molecule has 4 heteroatoms. The first-order chi connectivity index (χ1) is 9.87. The minimum absolute atomic E-state index is 0.110. The van der Waals surface area contributed by atoms with Gasteiger partial charge in [-0.25, -0.2) is 0 Å². The molecule has 0 saturated heterocycles. The van der Waals surface area contributed by atoms with Crippen molar-refractivity contribution in [1.29, 1.82) is 0 Å². The first-order valence-electron chi connectivity index (χ1n) is 7.27. The smallest absolute Gasteiger partial charge is 0.123 e. The molecule has 0 saturated carbocycles. The van der Waals surface area contributed by atoms with Crippen molar-refractivity contribution < 1.29 is 4.74 Å². The van der Waals surface area contributed by atoms with Crippen LogP contribution in [0, 0.1) is 6.92 Å². The zero-order chi connectivity index (χ0) is 15.5. The van der Waals surface area contributed by atoms with Crippen LogP contribution in [0.15, 0.2) is 30.6 Å². The zero-order valence-electron chi connectivity index (χ0n) is 13.6. The monoisotopic (exact) mass is 287 g/mol. The average molecular weight is 287 g/mol. The van der Waals surface area contributed by atoms with Gasteiger partial charge in [-0.2, -0.15) is 5.10 Å². The van der Waals surface area contributed by atoms with E-state index in [0.29, 0.717) is 0 Å². The molecule has 2 rings (SSSR count). The summed E-state index contributed by atoms with van der Waals surface area (Å²) in [5, 5.41) is 7.85. The molecule has 0 unspecified atom stereocenters. The zero-order valence-corrected chi connectivity index (χ0v) is 13.6. The van der Waals surface area contributed by atoms with E-state index in [0.717, 1.165) is 24.4 Å². The number of hydrogen-bond donors (Lipinski definition) is 1. The average Bonchev–Trinajstić information content (AvgIpc) is 2.81. The van der Waals surface area contributed by atoms with E-state index >= 15 is 0 Å². The largest absolute Gasteiger partial charge is 0.496 e. The molecule has 0 atom stereocenters. The van der Waals surface area contributed by atoms with Crippen LogP contribution in [0.2, 0.25) is 0 Å². The minimum atomic E-state index is 0.110. The summed E-state index contributed by atoms with van der Waals surface area (Å²) < 4.78 is 7.40. The van der Waals surface area contributed by atoms with Gasteiger partial charge in [0.15, 0.2) is 0 Å². The molecule has 0 aliphatic heterocycles. The Bertz CT molecular complexity index is 596. The summed E-state index contributed by atoms with van der Waals surface area (Å²) in [5.41, 5.74) is 3.68. The lowest BCUT2D eigenvalue weighted by molar-refractivity contribution is 0.405. The standard InChI is InChI=1S/C17H25N3O/c1-13-9-19-20(11-13)12-15-8-14(6-7-16(15)21-5)10-18-17(2,3)4/h6-9,11,18H,10,12H2,1-5H3. The lowest BCUT2D eigenvalue weighted by Crippen LogP contribution is -2.35. The van der Waals surface area contributed by atoms with E-state index < -0.39 is 0 Å². The highest BCUT2D eigenvalue weighted by Crippen LogP contribution is 2.21. The van der Waals surface area contributed by atoms with Crippen molar-refractivity contribution in [3.63, 3.8) is 0 Å². The van der Waals surface area contributed by atoms with Crippen molar-refractivity contribution >= 4 is 0 Å². The first-order valence-corrected chi connectivity index (χ1v) is 7.27. The van der Waals surface area contributed by atoms with Crippen LogP contribution in [0.25, 0.3) is 0 Å². The fourth-order valence-electron chi connectivity index (χ4n) is 2.16. The maximum Gasteiger partial charge on any atom is 0.123 e. The van der Waals surface area contributed by atoms with E-state index in [2.05, 4.69) is 43.3 Å². The van der Waals surface area contributed by atoms with E-state index in [1.54, 1.807) is 7.11 Å². The molecule has 2 aromatic rings. The number of aromatic nitrogens is 2. The van der Waals surface area contributed by atoms with Crippen LogP contribution in [-0.4, -0.2) is 22.4 Å². The summed E-state index contributed by atoms with van der Waals surface area (Å²) in [4.78, 5) is 0. The van der Waals surface area contributed by atoms with Crippen LogP contribution in [0.1, 0.15) is 37.5 Å². The molecule has 0 spiro atoms. The Hall–Kier alpha value is -1.81. The summed E-state index contributed by atoms with van der Waals surface area (Å²) in [6.07, 6.45) is 3.91. The predicted octanol–water partition coefficient (Wildman–Crippen LogP) is 3.14. The van der Waals surface area contributed by atoms with E-state index in [-0.39, 0.29) is 5.54 Å². The third kappa shape index (κ3) is 4.60. The van der Waals surface area contributed by atoms with Crippen molar-refractivity contribution in [2.45, 2.75) is 46.3 Å². The molecular weight excluding hydrogens is 262 g/mol. The number of methoxy groups -OCH3 is 1. The lowest BCUT2D eigenvalue weighted by atomic mass is 10.1. The molecule has 114 valence electrons. The molecule has 21 heavy (non-hydrogen) atoms. The highest BCUT2D eigenvalue weighted by Gasteiger charge is 2.10. The van der Waals surface area contributed by atoms with Crippen molar-refractivity contribution in [2.24, 2.45) is 0 Å². The number of rotatable bonds is 5. The maximum atomic E-state index is 5.46. The van der Waals surface area contributed by atoms with Crippen LogP contribution in [-0.2, 0) is 13.1 Å². The highest BCUT2D eigenvalue weighted by atomic mass is 16.5. The fraction of sp³-hybridized carbons (Fsp3) is 0.471. The number of aryl methyl sites for hydroxylation is 1. The van der Waals surface area contributed by atoms with E-state index in [9.17, 15) is 0 Å². The van der Waals surface area contributed by atoms with Gasteiger partial charge < -0.3 is 10.1 Å². The Kier molecular flexibility index (Phi) is 4.68. The molecule has 0 amide bonds. The van der Waals surface area contributed by atoms with Crippen LogP contribution in [0.3, 0.4) is 0 Å². The molecule has 0 bridgehead atoms. The van der Waals surface area contributed by atoms with Crippen molar-refractivity contribution in [3.8, 4) is 5.75 Å². The van der Waals surface area contributed by atoms with Gasteiger partial charge >= 0.3 is 0 Å². The van der Waals surface area contributed by atoms with Gasteiger partial charge in [0.1, 0.15) is 5.75 Å². The maximum absolute atomic E-state index is 5.46.